The molecule has 0 atom stereocenters. The van der Waals surface area contributed by atoms with E-state index in [0.29, 0.717) is 5.89 Å². The van der Waals surface area contributed by atoms with E-state index in [2.05, 4.69) is 15.2 Å². The summed E-state index contributed by atoms with van der Waals surface area (Å²) in [5, 5.41) is 7.90. The molecule has 0 aliphatic heterocycles. The Hall–Kier alpha value is -2.48. The molecule has 1 fully saturated rings. The number of nitrogens with zero attached hydrogens (tertiary/aromatic N) is 4. The average molecular weight is 372 g/mol. The number of aromatic nitrogens is 4. The maximum Gasteiger partial charge on any atom is 0.232 e. The van der Waals surface area contributed by atoms with E-state index in [4.69, 9.17) is 4.42 Å². The summed E-state index contributed by atoms with van der Waals surface area (Å²) in [4.78, 5) is 4.09. The first kappa shape index (κ1) is 17.0. The Labute approximate surface area is 152 Å². The second-order valence-corrected chi connectivity index (χ2v) is 8.67. The SMILES string of the molecule is Cc1ccc(C)c(-n2ccnc2S(=O)(=O)Cc2nnc(C3CCC3)o2)c1. The first-order valence-corrected chi connectivity index (χ1v) is 10.3. The van der Waals surface area contributed by atoms with Crippen molar-refractivity contribution in [2.75, 3.05) is 0 Å². The van der Waals surface area contributed by atoms with Crippen molar-refractivity contribution >= 4 is 9.84 Å². The van der Waals surface area contributed by atoms with Crippen LogP contribution in [0.5, 0.6) is 0 Å². The van der Waals surface area contributed by atoms with Crippen LogP contribution < -0.4 is 0 Å². The highest BCUT2D eigenvalue weighted by Crippen LogP contribution is 2.35. The van der Waals surface area contributed by atoms with Crippen LogP contribution in [0.1, 0.15) is 48.1 Å². The summed E-state index contributed by atoms with van der Waals surface area (Å²) in [5.74, 6) is 0.576. The number of sulfone groups is 1. The highest BCUT2D eigenvalue weighted by atomic mass is 32.2. The van der Waals surface area contributed by atoms with Crippen molar-refractivity contribution < 1.29 is 12.8 Å². The minimum absolute atomic E-state index is 0.0189. The summed E-state index contributed by atoms with van der Waals surface area (Å²) in [7, 11) is -3.72. The molecule has 2 heterocycles. The standard InChI is InChI=1S/C18H20N4O3S/c1-12-6-7-13(2)15(10-12)22-9-8-19-18(22)26(23,24)11-16-20-21-17(25-16)14-4-3-5-14/h6-10,14H,3-5,11H2,1-2H3. The number of hydrogen-bond acceptors (Lipinski definition) is 6. The summed E-state index contributed by atoms with van der Waals surface area (Å²) < 4.78 is 33.0. The summed E-state index contributed by atoms with van der Waals surface area (Å²) in [6, 6.07) is 5.89. The van der Waals surface area contributed by atoms with Crippen LogP contribution in [0.4, 0.5) is 0 Å². The third-order valence-electron chi connectivity index (χ3n) is 4.76. The van der Waals surface area contributed by atoms with Gasteiger partial charge in [-0.1, -0.05) is 18.6 Å². The fourth-order valence-corrected chi connectivity index (χ4v) is 4.31. The molecule has 136 valence electrons. The van der Waals surface area contributed by atoms with Gasteiger partial charge in [-0.15, -0.1) is 10.2 Å². The molecule has 1 aromatic carbocycles. The monoisotopic (exact) mass is 372 g/mol. The maximum absolute atomic E-state index is 12.9. The minimum Gasteiger partial charge on any atom is -0.424 e. The molecule has 1 aliphatic rings. The minimum atomic E-state index is -3.72. The zero-order chi connectivity index (χ0) is 18.3. The maximum atomic E-state index is 12.9. The molecular weight excluding hydrogens is 352 g/mol. The van der Waals surface area contributed by atoms with Crippen molar-refractivity contribution in [3.8, 4) is 5.69 Å². The molecule has 0 unspecified atom stereocenters. The summed E-state index contributed by atoms with van der Waals surface area (Å²) in [6.07, 6.45) is 6.33. The molecule has 0 radical (unpaired) electrons. The van der Waals surface area contributed by atoms with Gasteiger partial charge in [0, 0.05) is 18.3 Å². The molecule has 1 aliphatic carbocycles. The molecule has 4 rings (SSSR count). The first-order valence-electron chi connectivity index (χ1n) is 8.60. The van der Waals surface area contributed by atoms with Gasteiger partial charge in [-0.25, -0.2) is 13.4 Å². The van der Waals surface area contributed by atoms with Crippen molar-refractivity contribution in [3.63, 3.8) is 0 Å². The quantitative estimate of drug-likeness (QED) is 0.683. The lowest BCUT2D eigenvalue weighted by atomic mass is 9.85. The highest BCUT2D eigenvalue weighted by molar-refractivity contribution is 7.90. The van der Waals surface area contributed by atoms with Crippen LogP contribution in [-0.2, 0) is 15.6 Å². The van der Waals surface area contributed by atoms with Gasteiger partial charge in [-0.2, -0.15) is 0 Å². The van der Waals surface area contributed by atoms with Crippen molar-refractivity contribution in [1.82, 2.24) is 19.7 Å². The molecule has 0 bridgehead atoms. The van der Waals surface area contributed by atoms with Crippen LogP contribution in [0.15, 0.2) is 40.2 Å². The van der Waals surface area contributed by atoms with Gasteiger partial charge in [0.25, 0.3) is 0 Å². The zero-order valence-corrected chi connectivity index (χ0v) is 15.5. The Morgan fingerprint density at radius 1 is 1.23 bits per heavy atom. The van der Waals surface area contributed by atoms with E-state index in [0.717, 1.165) is 36.1 Å². The van der Waals surface area contributed by atoms with Gasteiger partial charge in [-0.05, 0) is 43.9 Å². The van der Waals surface area contributed by atoms with Gasteiger partial charge < -0.3 is 4.42 Å². The topological polar surface area (TPSA) is 90.9 Å². The van der Waals surface area contributed by atoms with E-state index < -0.39 is 9.84 Å². The third kappa shape index (κ3) is 3.05. The van der Waals surface area contributed by atoms with Crippen LogP contribution >= 0.6 is 0 Å². The first-order chi connectivity index (χ1) is 12.4. The molecule has 0 amide bonds. The lowest BCUT2D eigenvalue weighted by Crippen LogP contribution is -2.13. The van der Waals surface area contributed by atoms with E-state index in [9.17, 15) is 8.42 Å². The van der Waals surface area contributed by atoms with E-state index >= 15 is 0 Å². The Kier molecular flexibility index (Phi) is 4.14. The predicted octanol–water partition coefficient (Wildman–Crippen LogP) is 3.11. The molecule has 7 nitrogen and oxygen atoms in total. The molecule has 1 saturated carbocycles. The highest BCUT2D eigenvalue weighted by Gasteiger charge is 2.28. The average Bonchev–Trinajstić information content (AvgIpc) is 3.17. The second-order valence-electron chi connectivity index (χ2n) is 6.79. The molecule has 26 heavy (non-hydrogen) atoms. The van der Waals surface area contributed by atoms with Crippen LogP contribution in [0.25, 0.3) is 5.69 Å². The number of aryl methyl sites for hydroxylation is 2. The van der Waals surface area contributed by atoms with Gasteiger partial charge in [0.2, 0.25) is 26.8 Å². The summed E-state index contributed by atoms with van der Waals surface area (Å²) in [6.45, 7) is 3.91. The number of benzene rings is 1. The Bertz CT molecular complexity index is 1050. The summed E-state index contributed by atoms with van der Waals surface area (Å²) >= 11 is 0. The summed E-state index contributed by atoms with van der Waals surface area (Å²) in [5.41, 5.74) is 2.81. The Morgan fingerprint density at radius 3 is 2.77 bits per heavy atom. The number of rotatable bonds is 5. The van der Waals surface area contributed by atoms with Crippen LogP contribution in [0.3, 0.4) is 0 Å². The largest absolute Gasteiger partial charge is 0.424 e. The molecule has 2 aromatic heterocycles. The van der Waals surface area contributed by atoms with Crippen molar-refractivity contribution in [2.45, 2.75) is 49.9 Å². The Morgan fingerprint density at radius 2 is 2.04 bits per heavy atom. The van der Waals surface area contributed by atoms with Crippen molar-refractivity contribution in [2.24, 2.45) is 0 Å². The van der Waals surface area contributed by atoms with Gasteiger partial charge in [0.15, 0.2) is 0 Å². The van der Waals surface area contributed by atoms with E-state index in [1.54, 1.807) is 10.8 Å². The fraction of sp³-hybridized carbons (Fsp3) is 0.389. The van der Waals surface area contributed by atoms with E-state index in [1.165, 1.54) is 6.20 Å². The fourth-order valence-electron chi connectivity index (χ4n) is 3.05. The van der Waals surface area contributed by atoms with Gasteiger partial charge in [-0.3, -0.25) is 4.57 Å². The van der Waals surface area contributed by atoms with Gasteiger partial charge in [0.1, 0.15) is 5.75 Å². The van der Waals surface area contributed by atoms with Crippen LogP contribution in [0, 0.1) is 13.8 Å². The molecule has 8 heteroatoms. The van der Waals surface area contributed by atoms with Gasteiger partial charge >= 0.3 is 0 Å². The molecule has 3 aromatic rings. The molecule has 0 saturated heterocycles. The van der Waals surface area contributed by atoms with Crippen LogP contribution in [-0.4, -0.2) is 28.2 Å². The zero-order valence-electron chi connectivity index (χ0n) is 14.7. The smallest absolute Gasteiger partial charge is 0.232 e. The third-order valence-corrected chi connectivity index (χ3v) is 6.24. The normalized spacial score (nSPS) is 15.2. The number of imidazole rings is 1. The predicted molar refractivity (Wildman–Crippen MR) is 94.8 cm³/mol. The molecular formula is C18H20N4O3S. The Balaban J connectivity index is 1.65. The van der Waals surface area contributed by atoms with Crippen molar-refractivity contribution in [3.05, 3.63) is 53.5 Å². The number of hydrogen-bond donors (Lipinski definition) is 0. The molecule has 0 N–H and O–H groups in total. The van der Waals surface area contributed by atoms with Crippen molar-refractivity contribution in [1.29, 1.82) is 0 Å². The van der Waals surface area contributed by atoms with E-state index in [-0.39, 0.29) is 22.7 Å². The van der Waals surface area contributed by atoms with E-state index in [1.807, 2.05) is 32.0 Å². The lowest BCUT2D eigenvalue weighted by Gasteiger charge is -2.20. The van der Waals surface area contributed by atoms with Crippen LogP contribution in [0.2, 0.25) is 0 Å². The second kappa shape index (κ2) is 6.35. The van der Waals surface area contributed by atoms with Gasteiger partial charge in [0.05, 0.1) is 5.69 Å². The lowest BCUT2D eigenvalue weighted by molar-refractivity contribution is 0.327. The molecule has 0 spiro atoms.